The molecule has 2 heterocycles. The van der Waals surface area contributed by atoms with Gasteiger partial charge in [-0.25, -0.2) is 4.79 Å². The Balaban J connectivity index is 2.07. The Morgan fingerprint density at radius 2 is 2.20 bits per heavy atom. The van der Waals surface area contributed by atoms with Gasteiger partial charge in [0.15, 0.2) is 18.9 Å². The molecule has 9 nitrogen and oxygen atoms in total. The van der Waals surface area contributed by atoms with Crippen molar-refractivity contribution in [1.29, 1.82) is 0 Å². The number of hydrogen-bond acceptors (Lipinski definition) is 7. The Morgan fingerprint density at radius 1 is 1.50 bits per heavy atom. The lowest BCUT2D eigenvalue weighted by atomic mass is 10.4. The summed E-state index contributed by atoms with van der Waals surface area (Å²) in [6.07, 6.45) is 1.46. The molecule has 0 saturated carbocycles. The van der Waals surface area contributed by atoms with Crippen LogP contribution in [0.2, 0.25) is 0 Å². The Morgan fingerprint density at radius 3 is 2.85 bits per heavy atom. The topological polar surface area (TPSA) is 140 Å². The summed E-state index contributed by atoms with van der Waals surface area (Å²) in [7, 11) is -4.54. The van der Waals surface area contributed by atoms with Gasteiger partial charge in [0.1, 0.15) is 0 Å². The third kappa shape index (κ3) is 3.60. The molecule has 2 atom stereocenters. The van der Waals surface area contributed by atoms with Crippen LogP contribution in [0, 0.1) is 6.92 Å². The molecule has 0 unspecified atom stereocenters. The Kier molecular flexibility index (Phi) is 4.19. The Bertz CT molecular complexity index is 630. The summed E-state index contributed by atoms with van der Waals surface area (Å²) in [5.74, 6) is 0. The van der Waals surface area contributed by atoms with E-state index in [9.17, 15) is 19.4 Å². The van der Waals surface area contributed by atoms with E-state index in [-0.39, 0.29) is 0 Å². The van der Waals surface area contributed by atoms with E-state index in [2.05, 4.69) is 4.98 Å². The number of aromatic nitrogens is 2. The van der Waals surface area contributed by atoms with E-state index in [4.69, 9.17) is 14.4 Å². The Labute approximate surface area is 113 Å². The molecule has 20 heavy (non-hydrogen) atoms. The zero-order valence-corrected chi connectivity index (χ0v) is 11.3. The number of ether oxygens (including phenoxy) is 2. The second-order valence-corrected chi connectivity index (χ2v) is 5.72. The summed E-state index contributed by atoms with van der Waals surface area (Å²) in [5, 5.41) is 0. The van der Waals surface area contributed by atoms with Crippen LogP contribution < -0.4 is 21.0 Å². The van der Waals surface area contributed by atoms with Crippen LogP contribution in [-0.2, 0) is 9.47 Å². The fraction of sp³-hybridized carbons (Fsp3) is 0.400. The minimum Gasteiger partial charge on any atom is -0.658 e. The van der Waals surface area contributed by atoms with Crippen molar-refractivity contribution in [3.63, 3.8) is 0 Å². The lowest BCUT2D eigenvalue weighted by Crippen LogP contribution is -2.34. The van der Waals surface area contributed by atoms with E-state index in [1.54, 1.807) is 0 Å². The van der Waals surface area contributed by atoms with Gasteiger partial charge < -0.3 is 19.3 Å². The highest BCUT2D eigenvalue weighted by Crippen LogP contribution is 2.34. The van der Waals surface area contributed by atoms with Crippen molar-refractivity contribution in [2.75, 3.05) is 6.35 Å². The molecule has 2 N–H and O–H groups in total. The first kappa shape index (κ1) is 15.0. The molecule has 10 heteroatoms. The van der Waals surface area contributed by atoms with E-state index in [0.29, 0.717) is 5.56 Å². The van der Waals surface area contributed by atoms with Crippen molar-refractivity contribution >= 4 is 7.94 Å². The normalized spacial score (nSPS) is 22.4. The molecule has 110 valence electrons. The van der Waals surface area contributed by atoms with Crippen LogP contribution >= 0.6 is 7.94 Å². The molecule has 0 aromatic carbocycles. The molecule has 0 aliphatic carbocycles. The lowest BCUT2D eigenvalue weighted by Gasteiger charge is -2.28. The standard InChI is InChI=1S/C10H13N2O7P/c1-6-4-12(10(14)11-9(6)13)7-2-3-8(19-7)18-5-20(15,16)17/h2-4,7-8H,5H2,1H3,(H,11,13,14)(H2,15,16,17)/p-1/t7-,8+/m1/s1. The maximum absolute atomic E-state index is 11.6. The minimum absolute atomic E-state index is 0.324. The molecular weight excluding hydrogens is 291 g/mol. The first-order chi connectivity index (χ1) is 9.26. The van der Waals surface area contributed by atoms with Crippen molar-refractivity contribution in [3.05, 3.63) is 44.8 Å². The van der Waals surface area contributed by atoms with E-state index in [1.165, 1.54) is 25.3 Å². The van der Waals surface area contributed by atoms with E-state index < -0.39 is 38.1 Å². The van der Waals surface area contributed by atoms with E-state index in [1.807, 2.05) is 0 Å². The van der Waals surface area contributed by atoms with Gasteiger partial charge in [0, 0.05) is 11.8 Å². The van der Waals surface area contributed by atoms with E-state index >= 15 is 0 Å². The average molecular weight is 303 g/mol. The summed E-state index contributed by atoms with van der Waals surface area (Å²) in [5.41, 5.74) is -0.827. The minimum atomic E-state index is -4.54. The van der Waals surface area contributed by atoms with Crippen LogP contribution in [0.25, 0.3) is 0 Å². The van der Waals surface area contributed by atoms with Crippen molar-refractivity contribution in [2.24, 2.45) is 0 Å². The SMILES string of the molecule is Cc1cn([C@H]2C=C[C@@H](OC[P+]([O-])([O-])O)O2)c(=O)[nH]c1=O. The van der Waals surface area contributed by atoms with Gasteiger partial charge >= 0.3 is 5.69 Å². The summed E-state index contributed by atoms with van der Waals surface area (Å²) >= 11 is 0. The fourth-order valence-corrected chi connectivity index (χ4v) is 1.95. The highest BCUT2D eigenvalue weighted by Gasteiger charge is 2.24. The van der Waals surface area contributed by atoms with Gasteiger partial charge in [-0.05, 0) is 19.1 Å². The highest BCUT2D eigenvalue weighted by molar-refractivity contribution is 7.55. The third-order valence-corrected chi connectivity index (χ3v) is 3.00. The van der Waals surface area contributed by atoms with Crippen molar-refractivity contribution < 1.29 is 24.2 Å². The molecule has 1 aliphatic rings. The average Bonchev–Trinajstić information content (AvgIpc) is 2.79. The molecule has 1 aliphatic heterocycles. The van der Waals surface area contributed by atoms with Crippen LogP contribution in [0.1, 0.15) is 11.8 Å². The van der Waals surface area contributed by atoms with Crippen LogP contribution in [0.15, 0.2) is 27.9 Å². The number of nitrogens with zero attached hydrogens (tertiary/aromatic N) is 1. The summed E-state index contributed by atoms with van der Waals surface area (Å²) in [4.78, 5) is 54.7. The second kappa shape index (κ2) is 5.57. The van der Waals surface area contributed by atoms with Gasteiger partial charge in [-0.15, -0.1) is 0 Å². The number of hydrogen-bond donors (Lipinski definition) is 2. The molecule has 0 fully saturated rings. The summed E-state index contributed by atoms with van der Waals surface area (Å²) in [6.45, 7) is 1.53. The van der Waals surface area contributed by atoms with E-state index in [0.717, 1.165) is 4.57 Å². The van der Waals surface area contributed by atoms with Gasteiger partial charge in [0.25, 0.3) is 5.56 Å². The first-order valence-corrected chi connectivity index (χ1v) is 7.33. The number of rotatable bonds is 4. The predicted octanol–water partition coefficient (Wildman–Crippen LogP) is -2.29. The molecule has 0 saturated heterocycles. The Hall–Kier alpha value is -1.35. The van der Waals surface area contributed by atoms with Gasteiger partial charge in [-0.1, -0.05) is 0 Å². The molecule has 0 amide bonds. The number of nitrogens with one attached hydrogen (secondary N) is 1. The van der Waals surface area contributed by atoms with Crippen LogP contribution in [0.3, 0.4) is 0 Å². The molecule has 0 spiro atoms. The summed E-state index contributed by atoms with van der Waals surface area (Å²) in [6, 6.07) is 0. The lowest BCUT2D eigenvalue weighted by molar-refractivity contribution is -0.338. The van der Waals surface area contributed by atoms with Crippen molar-refractivity contribution in [2.45, 2.75) is 19.4 Å². The number of aryl methyl sites for hydroxylation is 1. The predicted molar refractivity (Wildman–Crippen MR) is 64.2 cm³/mol. The zero-order chi connectivity index (χ0) is 14.9. The van der Waals surface area contributed by atoms with Gasteiger partial charge in [-0.3, -0.25) is 19.2 Å². The maximum atomic E-state index is 11.6. The molecule has 2 rings (SSSR count). The second-order valence-electron chi connectivity index (χ2n) is 4.19. The van der Waals surface area contributed by atoms with Gasteiger partial charge in [0.2, 0.25) is 0 Å². The fourth-order valence-electron chi connectivity index (χ4n) is 1.61. The maximum Gasteiger partial charge on any atom is 0.330 e. The number of aromatic amines is 1. The van der Waals surface area contributed by atoms with Crippen LogP contribution in [0.5, 0.6) is 0 Å². The smallest absolute Gasteiger partial charge is 0.330 e. The largest absolute Gasteiger partial charge is 0.658 e. The quantitative estimate of drug-likeness (QED) is 0.471. The third-order valence-electron chi connectivity index (χ3n) is 2.53. The van der Waals surface area contributed by atoms with Crippen LogP contribution in [0.4, 0.5) is 0 Å². The molecule has 1 aromatic heterocycles. The summed E-state index contributed by atoms with van der Waals surface area (Å²) < 4.78 is 11.2. The number of H-pyrrole nitrogens is 1. The van der Waals surface area contributed by atoms with Crippen molar-refractivity contribution in [3.8, 4) is 0 Å². The van der Waals surface area contributed by atoms with Gasteiger partial charge in [-0.2, -0.15) is 0 Å². The van der Waals surface area contributed by atoms with Crippen LogP contribution in [-0.4, -0.2) is 27.1 Å². The monoisotopic (exact) mass is 303 g/mol. The van der Waals surface area contributed by atoms with Gasteiger partial charge in [0.05, 0.1) is 7.94 Å². The molecule has 1 aromatic rings. The molecule has 0 radical (unpaired) electrons. The zero-order valence-electron chi connectivity index (χ0n) is 10.4. The van der Waals surface area contributed by atoms with Crippen molar-refractivity contribution in [1.82, 2.24) is 9.55 Å². The highest BCUT2D eigenvalue weighted by atomic mass is 31.2. The molecular formula is C10H12N2O7P-. The first-order valence-electron chi connectivity index (χ1n) is 5.56. The molecule has 0 bridgehead atoms.